The molecule has 1 rings (SSSR count). The first-order valence-corrected chi connectivity index (χ1v) is 7.26. The van der Waals surface area contributed by atoms with E-state index in [0.29, 0.717) is 6.54 Å². The third kappa shape index (κ3) is 4.80. The summed E-state index contributed by atoms with van der Waals surface area (Å²) in [5.41, 5.74) is 0.858. The summed E-state index contributed by atoms with van der Waals surface area (Å²) in [5, 5.41) is 2.64. The monoisotopic (exact) mass is 271 g/mol. The minimum absolute atomic E-state index is 0.0484. The highest BCUT2D eigenvalue weighted by atomic mass is 32.2. The maximum absolute atomic E-state index is 11.7. The number of rotatable bonds is 6. The summed E-state index contributed by atoms with van der Waals surface area (Å²) in [6.45, 7) is 3.35. The topological polar surface area (TPSA) is 88.2 Å². The zero-order chi connectivity index (χ0) is 13.6. The molecule has 1 aromatic rings. The van der Waals surface area contributed by atoms with Crippen LogP contribution in [-0.2, 0) is 21.4 Å². The molecule has 0 saturated carbocycles. The molecule has 0 aromatic carbocycles. The van der Waals surface area contributed by atoms with Gasteiger partial charge < -0.3 is 5.32 Å². The first kappa shape index (κ1) is 14.6. The van der Waals surface area contributed by atoms with Crippen LogP contribution in [-0.4, -0.2) is 31.1 Å². The van der Waals surface area contributed by atoms with Gasteiger partial charge in [0.05, 0.1) is 11.8 Å². The van der Waals surface area contributed by atoms with Gasteiger partial charge in [-0.05, 0) is 25.5 Å². The van der Waals surface area contributed by atoms with Crippen molar-refractivity contribution < 1.29 is 13.2 Å². The van der Waals surface area contributed by atoms with Gasteiger partial charge in [-0.3, -0.25) is 9.78 Å². The number of aromatic nitrogens is 1. The van der Waals surface area contributed by atoms with Gasteiger partial charge in [-0.2, -0.15) is 0 Å². The van der Waals surface area contributed by atoms with Crippen molar-refractivity contribution in [1.29, 1.82) is 0 Å². The number of nitrogens with zero attached hydrogens (tertiary/aromatic N) is 1. The molecule has 2 N–H and O–H groups in total. The van der Waals surface area contributed by atoms with Crippen LogP contribution in [0.25, 0.3) is 0 Å². The molecule has 0 spiro atoms. The van der Waals surface area contributed by atoms with Crippen LogP contribution in [0.1, 0.15) is 19.4 Å². The molecule has 0 aliphatic rings. The summed E-state index contributed by atoms with van der Waals surface area (Å²) in [5.74, 6) is -0.413. The molecule has 18 heavy (non-hydrogen) atoms. The highest BCUT2D eigenvalue weighted by Crippen LogP contribution is 1.95. The van der Waals surface area contributed by atoms with Gasteiger partial charge in [0.2, 0.25) is 15.9 Å². The Morgan fingerprint density at radius 3 is 2.78 bits per heavy atom. The minimum atomic E-state index is -3.37. The van der Waals surface area contributed by atoms with Crippen LogP contribution < -0.4 is 10.0 Å². The number of hydrogen-bond donors (Lipinski definition) is 2. The summed E-state index contributed by atoms with van der Waals surface area (Å²) in [6, 6.07) is 2.81. The normalized spacial score (nSPS) is 13.0. The van der Waals surface area contributed by atoms with Crippen LogP contribution in [0, 0.1) is 0 Å². The van der Waals surface area contributed by atoms with Crippen molar-refractivity contribution in [3.05, 3.63) is 30.1 Å². The molecule has 1 aromatic heterocycles. The Hall–Kier alpha value is -1.47. The van der Waals surface area contributed by atoms with Crippen LogP contribution in [0.15, 0.2) is 24.5 Å². The first-order valence-electron chi connectivity index (χ1n) is 5.61. The quantitative estimate of drug-likeness (QED) is 0.764. The highest BCUT2D eigenvalue weighted by molar-refractivity contribution is 7.89. The number of carbonyl (C=O) groups is 1. The van der Waals surface area contributed by atoms with E-state index in [9.17, 15) is 13.2 Å². The molecule has 0 fully saturated rings. The molecule has 0 unspecified atom stereocenters. The summed E-state index contributed by atoms with van der Waals surface area (Å²) in [7, 11) is -3.37. The molecule has 1 heterocycles. The molecule has 0 aliphatic heterocycles. The van der Waals surface area contributed by atoms with Crippen molar-refractivity contribution >= 4 is 15.9 Å². The molecule has 0 aliphatic carbocycles. The summed E-state index contributed by atoms with van der Waals surface area (Å²) in [6.07, 6.45) is 3.28. The van der Waals surface area contributed by atoms with Gasteiger partial charge in [-0.25, -0.2) is 13.1 Å². The van der Waals surface area contributed by atoms with Gasteiger partial charge in [0, 0.05) is 18.9 Å². The maximum Gasteiger partial charge on any atom is 0.238 e. The number of amides is 1. The first-order chi connectivity index (χ1) is 8.44. The summed E-state index contributed by atoms with van der Waals surface area (Å²) < 4.78 is 24.9. The Kier molecular flexibility index (Phi) is 5.24. The number of carbonyl (C=O) groups excluding carboxylic acids is 1. The molecular formula is C11H17N3O3S. The Morgan fingerprint density at radius 2 is 2.22 bits per heavy atom. The largest absolute Gasteiger partial charge is 0.351 e. The lowest BCUT2D eigenvalue weighted by atomic mass is 10.2. The van der Waals surface area contributed by atoms with Crippen molar-refractivity contribution in [2.45, 2.75) is 26.4 Å². The van der Waals surface area contributed by atoms with E-state index in [2.05, 4.69) is 15.0 Å². The highest BCUT2D eigenvalue weighted by Gasteiger charge is 2.18. The predicted octanol–water partition coefficient (Wildman–Crippen LogP) is 0.0256. The molecular weight excluding hydrogens is 254 g/mol. The average molecular weight is 271 g/mol. The fraction of sp³-hybridized carbons (Fsp3) is 0.455. The zero-order valence-corrected chi connectivity index (χ0v) is 11.2. The Morgan fingerprint density at radius 1 is 1.50 bits per heavy atom. The number of pyridine rings is 1. The van der Waals surface area contributed by atoms with Crippen molar-refractivity contribution in [3.63, 3.8) is 0 Å². The smallest absolute Gasteiger partial charge is 0.238 e. The third-order valence-corrected chi connectivity index (χ3v) is 3.79. The Labute approximate surface area is 107 Å². The fourth-order valence-electron chi connectivity index (χ4n) is 1.25. The van der Waals surface area contributed by atoms with E-state index < -0.39 is 16.1 Å². The van der Waals surface area contributed by atoms with Crippen LogP contribution >= 0.6 is 0 Å². The molecule has 7 heteroatoms. The van der Waals surface area contributed by atoms with E-state index in [4.69, 9.17) is 0 Å². The molecule has 6 nitrogen and oxygen atoms in total. The Balaban J connectivity index is 2.46. The average Bonchev–Trinajstić information content (AvgIpc) is 2.36. The minimum Gasteiger partial charge on any atom is -0.351 e. The molecule has 0 bridgehead atoms. The summed E-state index contributed by atoms with van der Waals surface area (Å²) in [4.78, 5) is 15.6. The van der Waals surface area contributed by atoms with Crippen molar-refractivity contribution in [1.82, 2.24) is 15.0 Å². The van der Waals surface area contributed by atoms with Gasteiger partial charge in [0.1, 0.15) is 0 Å². The van der Waals surface area contributed by atoms with E-state index in [1.807, 2.05) is 6.07 Å². The van der Waals surface area contributed by atoms with Crippen LogP contribution in [0.2, 0.25) is 0 Å². The second-order valence-electron chi connectivity index (χ2n) is 3.82. The molecule has 1 atom stereocenters. The van der Waals surface area contributed by atoms with Crippen molar-refractivity contribution in [2.75, 3.05) is 5.75 Å². The van der Waals surface area contributed by atoms with Gasteiger partial charge in [-0.15, -0.1) is 0 Å². The maximum atomic E-state index is 11.7. The van der Waals surface area contributed by atoms with Crippen LogP contribution in [0.5, 0.6) is 0 Å². The predicted molar refractivity (Wildman–Crippen MR) is 68.1 cm³/mol. The third-order valence-electron chi connectivity index (χ3n) is 2.32. The van der Waals surface area contributed by atoms with Crippen molar-refractivity contribution in [2.24, 2.45) is 0 Å². The lowest BCUT2D eigenvalue weighted by Gasteiger charge is -2.13. The molecule has 0 saturated heterocycles. The second-order valence-corrected chi connectivity index (χ2v) is 5.86. The van der Waals surface area contributed by atoms with Gasteiger partial charge >= 0.3 is 0 Å². The van der Waals surface area contributed by atoms with Gasteiger partial charge in [0.25, 0.3) is 0 Å². The SMILES string of the molecule is CCS(=O)(=O)N[C@@H](C)C(=O)NCc1cccnc1. The number of hydrogen-bond acceptors (Lipinski definition) is 4. The van der Waals surface area contributed by atoms with Crippen molar-refractivity contribution in [3.8, 4) is 0 Å². The van der Waals surface area contributed by atoms with E-state index in [0.717, 1.165) is 5.56 Å². The van der Waals surface area contributed by atoms with E-state index >= 15 is 0 Å². The molecule has 0 radical (unpaired) electrons. The van der Waals surface area contributed by atoms with Gasteiger partial charge in [-0.1, -0.05) is 6.07 Å². The Bertz CT molecular complexity index is 488. The molecule has 100 valence electrons. The number of nitrogens with one attached hydrogen (secondary N) is 2. The zero-order valence-electron chi connectivity index (χ0n) is 10.4. The summed E-state index contributed by atoms with van der Waals surface area (Å²) >= 11 is 0. The lowest BCUT2D eigenvalue weighted by Crippen LogP contribution is -2.44. The molecule has 1 amide bonds. The van der Waals surface area contributed by atoms with E-state index in [-0.39, 0.29) is 11.7 Å². The van der Waals surface area contributed by atoms with Crippen LogP contribution in [0.3, 0.4) is 0 Å². The lowest BCUT2D eigenvalue weighted by molar-refractivity contribution is -0.122. The van der Waals surface area contributed by atoms with E-state index in [1.165, 1.54) is 13.8 Å². The second kappa shape index (κ2) is 6.46. The number of sulfonamides is 1. The van der Waals surface area contributed by atoms with E-state index in [1.54, 1.807) is 18.5 Å². The standard InChI is InChI=1S/C11H17N3O3S/c1-3-18(16,17)14-9(2)11(15)13-8-10-5-4-6-12-7-10/h4-7,9,14H,3,8H2,1-2H3,(H,13,15)/t9-/m0/s1. The van der Waals surface area contributed by atoms with Gasteiger partial charge in [0.15, 0.2) is 0 Å². The fourth-order valence-corrected chi connectivity index (χ4v) is 2.06. The van der Waals surface area contributed by atoms with Crippen LogP contribution in [0.4, 0.5) is 0 Å².